The maximum atomic E-state index is 11.2. The average molecular weight is 229 g/mol. The van der Waals surface area contributed by atoms with E-state index >= 15 is 0 Å². The molecule has 0 bridgehead atoms. The molecule has 1 amide bonds. The van der Waals surface area contributed by atoms with Crippen molar-refractivity contribution in [2.75, 3.05) is 5.32 Å². The molecule has 0 saturated carbocycles. The van der Waals surface area contributed by atoms with Crippen molar-refractivity contribution in [1.29, 1.82) is 0 Å². The number of aryl methyl sites for hydroxylation is 1. The number of aromatic amines is 1. The van der Waals surface area contributed by atoms with Crippen LogP contribution in [0.2, 0.25) is 0 Å². The highest BCUT2D eigenvalue weighted by atomic mass is 16.1. The molecule has 1 aromatic heterocycles. The third kappa shape index (κ3) is 2.53. The summed E-state index contributed by atoms with van der Waals surface area (Å²) in [5.41, 5.74) is 3.83. The lowest BCUT2D eigenvalue weighted by molar-refractivity contribution is -0.115. The summed E-state index contributed by atoms with van der Waals surface area (Å²) in [4.78, 5) is 18.5. The average Bonchev–Trinajstić information content (AvgIpc) is 2.76. The SMILES string of the molecule is CCC(=O)Nc1ccc(-c2nc[nH]c2C)cc1. The molecule has 4 heteroatoms. The summed E-state index contributed by atoms with van der Waals surface area (Å²) in [6.07, 6.45) is 2.16. The van der Waals surface area contributed by atoms with Crippen LogP contribution in [0, 0.1) is 6.92 Å². The minimum Gasteiger partial charge on any atom is -0.348 e. The van der Waals surface area contributed by atoms with Crippen LogP contribution in [0.1, 0.15) is 19.0 Å². The van der Waals surface area contributed by atoms with Gasteiger partial charge in [0.1, 0.15) is 0 Å². The van der Waals surface area contributed by atoms with Crippen LogP contribution < -0.4 is 5.32 Å². The van der Waals surface area contributed by atoms with Crippen LogP contribution in [-0.4, -0.2) is 15.9 Å². The number of imidazole rings is 1. The maximum Gasteiger partial charge on any atom is 0.224 e. The second kappa shape index (κ2) is 4.82. The minimum atomic E-state index is 0.0219. The summed E-state index contributed by atoms with van der Waals surface area (Å²) >= 11 is 0. The number of hydrogen-bond acceptors (Lipinski definition) is 2. The number of hydrogen-bond donors (Lipinski definition) is 2. The molecule has 0 spiro atoms. The molecule has 0 aliphatic carbocycles. The highest BCUT2D eigenvalue weighted by Gasteiger charge is 2.04. The molecule has 88 valence electrons. The van der Waals surface area contributed by atoms with Gasteiger partial charge < -0.3 is 10.3 Å². The molecule has 0 unspecified atom stereocenters. The highest BCUT2D eigenvalue weighted by Crippen LogP contribution is 2.21. The van der Waals surface area contributed by atoms with Gasteiger partial charge in [0.25, 0.3) is 0 Å². The first-order valence-corrected chi connectivity index (χ1v) is 5.61. The molecule has 0 aliphatic heterocycles. The van der Waals surface area contributed by atoms with Crippen LogP contribution in [0.5, 0.6) is 0 Å². The molecular formula is C13H15N3O. The van der Waals surface area contributed by atoms with E-state index in [1.54, 1.807) is 6.33 Å². The van der Waals surface area contributed by atoms with Gasteiger partial charge in [-0.2, -0.15) is 0 Å². The topological polar surface area (TPSA) is 57.8 Å². The number of rotatable bonds is 3. The van der Waals surface area contributed by atoms with E-state index in [-0.39, 0.29) is 5.91 Å². The number of aromatic nitrogens is 2. The molecule has 0 atom stereocenters. The summed E-state index contributed by atoms with van der Waals surface area (Å²) in [5, 5.41) is 2.81. The van der Waals surface area contributed by atoms with E-state index in [1.165, 1.54) is 0 Å². The summed E-state index contributed by atoms with van der Waals surface area (Å²) in [6.45, 7) is 3.81. The van der Waals surface area contributed by atoms with Crippen LogP contribution in [-0.2, 0) is 4.79 Å². The predicted molar refractivity (Wildman–Crippen MR) is 67.7 cm³/mol. The molecular weight excluding hydrogens is 214 g/mol. The normalized spacial score (nSPS) is 10.2. The second-order valence-corrected chi connectivity index (χ2v) is 3.86. The van der Waals surface area contributed by atoms with Gasteiger partial charge in [0.15, 0.2) is 0 Å². The third-order valence-electron chi connectivity index (χ3n) is 2.59. The Morgan fingerprint density at radius 3 is 2.59 bits per heavy atom. The van der Waals surface area contributed by atoms with Gasteiger partial charge in [0.05, 0.1) is 12.0 Å². The van der Waals surface area contributed by atoms with Gasteiger partial charge >= 0.3 is 0 Å². The Bertz CT molecular complexity index is 514. The zero-order valence-corrected chi connectivity index (χ0v) is 9.95. The van der Waals surface area contributed by atoms with Crippen LogP contribution >= 0.6 is 0 Å². The summed E-state index contributed by atoms with van der Waals surface area (Å²) in [7, 11) is 0. The first kappa shape index (κ1) is 11.4. The number of benzene rings is 1. The van der Waals surface area contributed by atoms with Crippen LogP contribution in [0.4, 0.5) is 5.69 Å². The van der Waals surface area contributed by atoms with E-state index in [2.05, 4.69) is 15.3 Å². The first-order valence-electron chi connectivity index (χ1n) is 5.61. The van der Waals surface area contributed by atoms with Gasteiger partial charge in [0.2, 0.25) is 5.91 Å². The minimum absolute atomic E-state index is 0.0219. The van der Waals surface area contributed by atoms with Gasteiger partial charge in [0, 0.05) is 23.4 Å². The van der Waals surface area contributed by atoms with E-state index in [0.717, 1.165) is 22.6 Å². The van der Waals surface area contributed by atoms with Gasteiger partial charge in [-0.25, -0.2) is 4.98 Å². The highest BCUT2D eigenvalue weighted by molar-refractivity contribution is 5.90. The Morgan fingerprint density at radius 1 is 1.35 bits per heavy atom. The van der Waals surface area contributed by atoms with Gasteiger partial charge in [-0.3, -0.25) is 4.79 Å². The van der Waals surface area contributed by atoms with E-state index in [0.29, 0.717) is 6.42 Å². The maximum absolute atomic E-state index is 11.2. The first-order chi connectivity index (χ1) is 8.20. The molecule has 1 aromatic carbocycles. The van der Waals surface area contributed by atoms with Gasteiger partial charge in [-0.05, 0) is 19.1 Å². The Hall–Kier alpha value is -2.10. The van der Waals surface area contributed by atoms with Crippen LogP contribution in [0.15, 0.2) is 30.6 Å². The van der Waals surface area contributed by atoms with Crippen molar-refractivity contribution < 1.29 is 4.79 Å². The van der Waals surface area contributed by atoms with E-state index in [4.69, 9.17) is 0 Å². The molecule has 17 heavy (non-hydrogen) atoms. The number of anilines is 1. The molecule has 0 aliphatic rings. The quantitative estimate of drug-likeness (QED) is 0.850. The van der Waals surface area contributed by atoms with E-state index in [1.807, 2.05) is 38.1 Å². The largest absolute Gasteiger partial charge is 0.348 e. The lowest BCUT2D eigenvalue weighted by atomic mass is 10.1. The number of carbonyl (C=O) groups is 1. The molecule has 2 N–H and O–H groups in total. The Balaban J connectivity index is 2.19. The van der Waals surface area contributed by atoms with Crippen LogP contribution in [0.3, 0.4) is 0 Å². The van der Waals surface area contributed by atoms with Crippen molar-refractivity contribution >= 4 is 11.6 Å². The number of nitrogens with zero attached hydrogens (tertiary/aromatic N) is 1. The molecule has 0 fully saturated rings. The van der Waals surface area contributed by atoms with Crippen molar-refractivity contribution in [3.63, 3.8) is 0 Å². The number of carbonyl (C=O) groups excluding carboxylic acids is 1. The van der Waals surface area contributed by atoms with E-state index < -0.39 is 0 Å². The lowest BCUT2D eigenvalue weighted by Gasteiger charge is -2.04. The molecule has 0 saturated heterocycles. The van der Waals surface area contributed by atoms with Crippen molar-refractivity contribution in [2.24, 2.45) is 0 Å². The monoisotopic (exact) mass is 229 g/mol. The number of nitrogens with one attached hydrogen (secondary N) is 2. The van der Waals surface area contributed by atoms with Crippen LogP contribution in [0.25, 0.3) is 11.3 Å². The summed E-state index contributed by atoms with van der Waals surface area (Å²) in [5.74, 6) is 0.0219. The van der Waals surface area contributed by atoms with E-state index in [9.17, 15) is 4.79 Å². The van der Waals surface area contributed by atoms with Crippen molar-refractivity contribution in [1.82, 2.24) is 9.97 Å². The molecule has 2 aromatic rings. The summed E-state index contributed by atoms with van der Waals surface area (Å²) in [6, 6.07) is 7.68. The molecule has 0 radical (unpaired) electrons. The molecule has 1 heterocycles. The number of amides is 1. The zero-order chi connectivity index (χ0) is 12.3. The smallest absolute Gasteiger partial charge is 0.224 e. The predicted octanol–water partition coefficient (Wildman–Crippen LogP) is 2.73. The standard InChI is InChI=1S/C13H15N3O/c1-3-12(17)16-11-6-4-10(5-7-11)13-9(2)14-8-15-13/h4-8H,3H2,1-2H3,(H,14,15)(H,16,17). The second-order valence-electron chi connectivity index (χ2n) is 3.86. The number of H-pyrrole nitrogens is 1. The van der Waals surface area contributed by atoms with Gasteiger partial charge in [-0.15, -0.1) is 0 Å². The zero-order valence-electron chi connectivity index (χ0n) is 9.95. The fraction of sp³-hybridized carbons (Fsp3) is 0.231. The fourth-order valence-corrected chi connectivity index (χ4v) is 1.61. The summed E-state index contributed by atoms with van der Waals surface area (Å²) < 4.78 is 0. The van der Waals surface area contributed by atoms with Crippen molar-refractivity contribution in [2.45, 2.75) is 20.3 Å². The lowest BCUT2D eigenvalue weighted by Crippen LogP contribution is -2.09. The molecule has 2 rings (SSSR count). The Labute approximate surface area is 100 Å². The Morgan fingerprint density at radius 2 is 2.06 bits per heavy atom. The molecule has 4 nitrogen and oxygen atoms in total. The Kier molecular flexibility index (Phi) is 3.23. The fourth-order valence-electron chi connectivity index (χ4n) is 1.61. The van der Waals surface area contributed by atoms with Crippen molar-refractivity contribution in [3.8, 4) is 11.3 Å². The van der Waals surface area contributed by atoms with Gasteiger partial charge in [-0.1, -0.05) is 19.1 Å². The third-order valence-corrected chi connectivity index (χ3v) is 2.59. The van der Waals surface area contributed by atoms with Crippen molar-refractivity contribution in [3.05, 3.63) is 36.3 Å².